The van der Waals surface area contributed by atoms with Crippen molar-refractivity contribution in [1.82, 2.24) is 10.2 Å². The summed E-state index contributed by atoms with van der Waals surface area (Å²) < 4.78 is 5.46. The van der Waals surface area contributed by atoms with Gasteiger partial charge in [0.15, 0.2) is 0 Å². The van der Waals surface area contributed by atoms with Gasteiger partial charge in [-0.2, -0.15) is 5.10 Å². The highest BCUT2D eigenvalue weighted by Gasteiger charge is 2.14. The van der Waals surface area contributed by atoms with E-state index in [1.807, 2.05) is 26.8 Å². The topological polar surface area (TPSA) is 58.9 Å². The highest BCUT2D eigenvalue weighted by atomic mass is 16.3. The van der Waals surface area contributed by atoms with Gasteiger partial charge in [0, 0.05) is 11.8 Å². The van der Waals surface area contributed by atoms with Crippen molar-refractivity contribution in [2.75, 3.05) is 0 Å². The van der Waals surface area contributed by atoms with Crippen LogP contribution in [0.3, 0.4) is 0 Å². The number of hydrogen-bond donors (Lipinski definition) is 1. The highest BCUT2D eigenvalue weighted by molar-refractivity contribution is 5.79. The fourth-order valence-corrected chi connectivity index (χ4v) is 1.64. The van der Waals surface area contributed by atoms with Gasteiger partial charge in [0.25, 0.3) is 0 Å². The molecule has 0 unspecified atom stereocenters. The lowest BCUT2D eigenvalue weighted by atomic mass is 10.1. The van der Waals surface area contributed by atoms with Crippen molar-refractivity contribution in [2.45, 2.75) is 33.1 Å². The number of fused-ring (bicyclic) bond motifs is 1. The number of H-pyrrole nitrogens is 1. The third-order valence-electron chi connectivity index (χ3n) is 2.44. The van der Waals surface area contributed by atoms with Crippen LogP contribution in [0.1, 0.15) is 38.1 Å². The normalized spacial score (nSPS) is 11.5. The maximum absolute atomic E-state index is 11.5. The summed E-state index contributed by atoms with van der Waals surface area (Å²) in [6.45, 7) is 6.08. The van der Waals surface area contributed by atoms with Crippen molar-refractivity contribution in [3.8, 4) is 0 Å². The molecule has 0 aliphatic heterocycles. The molecule has 1 N–H and O–H groups in total. The van der Waals surface area contributed by atoms with E-state index in [1.165, 1.54) is 0 Å². The van der Waals surface area contributed by atoms with Crippen LogP contribution in [0, 0.1) is 0 Å². The van der Waals surface area contributed by atoms with Crippen molar-refractivity contribution < 1.29 is 4.42 Å². The van der Waals surface area contributed by atoms with Crippen LogP contribution in [0.15, 0.2) is 15.3 Å². The van der Waals surface area contributed by atoms with Gasteiger partial charge in [-0.25, -0.2) is 5.10 Å². The van der Waals surface area contributed by atoms with E-state index in [9.17, 15) is 4.79 Å². The standard InChI is InChI=1S/C11H14N2O2/c1-4-7-5-8-9(6(2)3)12-13-11(14)10(8)15-7/h5-6H,4H2,1-3H3,(H,13,14). The van der Waals surface area contributed by atoms with E-state index in [-0.39, 0.29) is 11.5 Å². The summed E-state index contributed by atoms with van der Waals surface area (Å²) >= 11 is 0. The maximum atomic E-state index is 11.5. The molecule has 0 radical (unpaired) electrons. The summed E-state index contributed by atoms with van der Waals surface area (Å²) in [6.07, 6.45) is 0.783. The third-order valence-corrected chi connectivity index (χ3v) is 2.44. The first-order valence-electron chi connectivity index (χ1n) is 5.14. The molecule has 2 aromatic rings. The maximum Gasteiger partial charge on any atom is 0.307 e. The molecule has 0 fully saturated rings. The number of hydrogen-bond acceptors (Lipinski definition) is 3. The average Bonchev–Trinajstić information content (AvgIpc) is 2.62. The summed E-state index contributed by atoms with van der Waals surface area (Å²) in [6, 6.07) is 1.91. The van der Waals surface area contributed by atoms with E-state index in [0.29, 0.717) is 5.58 Å². The van der Waals surface area contributed by atoms with Crippen LogP contribution in [-0.2, 0) is 6.42 Å². The molecular formula is C11H14N2O2. The minimum absolute atomic E-state index is 0.255. The van der Waals surface area contributed by atoms with Crippen LogP contribution in [0.2, 0.25) is 0 Å². The summed E-state index contributed by atoms with van der Waals surface area (Å²) in [5, 5.41) is 7.36. The zero-order chi connectivity index (χ0) is 11.0. The number of nitrogens with one attached hydrogen (secondary N) is 1. The molecule has 0 aliphatic rings. The first kappa shape index (κ1) is 9.96. The molecule has 4 heteroatoms. The Labute approximate surface area is 87.3 Å². The second kappa shape index (κ2) is 3.53. The minimum Gasteiger partial charge on any atom is -0.455 e. The van der Waals surface area contributed by atoms with Gasteiger partial charge in [-0.1, -0.05) is 20.8 Å². The Morgan fingerprint density at radius 1 is 1.53 bits per heavy atom. The SMILES string of the molecule is CCc1cc2c(C(C)C)n[nH]c(=O)c2o1. The predicted octanol–water partition coefficient (Wildman–Crippen LogP) is 2.20. The molecule has 0 saturated carbocycles. The summed E-state index contributed by atoms with van der Waals surface area (Å²) in [5.41, 5.74) is 1.02. The predicted molar refractivity (Wildman–Crippen MR) is 58.1 cm³/mol. The molecule has 15 heavy (non-hydrogen) atoms. The second-order valence-corrected chi connectivity index (χ2v) is 3.90. The van der Waals surface area contributed by atoms with Gasteiger partial charge in [0.1, 0.15) is 5.76 Å². The zero-order valence-electron chi connectivity index (χ0n) is 9.13. The summed E-state index contributed by atoms with van der Waals surface area (Å²) in [7, 11) is 0. The van der Waals surface area contributed by atoms with Crippen molar-refractivity contribution in [3.63, 3.8) is 0 Å². The first-order chi connectivity index (χ1) is 7.13. The van der Waals surface area contributed by atoms with Crippen LogP contribution >= 0.6 is 0 Å². The smallest absolute Gasteiger partial charge is 0.307 e. The molecule has 0 aliphatic carbocycles. The van der Waals surface area contributed by atoms with Crippen LogP contribution in [0.5, 0.6) is 0 Å². The number of rotatable bonds is 2. The van der Waals surface area contributed by atoms with Crippen LogP contribution < -0.4 is 5.56 Å². The Morgan fingerprint density at radius 3 is 2.87 bits per heavy atom. The van der Waals surface area contributed by atoms with Gasteiger partial charge in [-0.15, -0.1) is 0 Å². The molecule has 0 atom stereocenters. The fraction of sp³-hybridized carbons (Fsp3) is 0.455. The van der Waals surface area contributed by atoms with E-state index < -0.39 is 0 Å². The quantitative estimate of drug-likeness (QED) is 0.819. The van der Waals surface area contributed by atoms with Crippen LogP contribution in [-0.4, -0.2) is 10.2 Å². The average molecular weight is 206 g/mol. The number of aromatic nitrogens is 2. The molecule has 0 amide bonds. The molecule has 0 bridgehead atoms. The lowest BCUT2D eigenvalue weighted by molar-refractivity contribution is 0.551. The van der Waals surface area contributed by atoms with Crippen LogP contribution in [0.4, 0.5) is 0 Å². The highest BCUT2D eigenvalue weighted by Crippen LogP contribution is 2.23. The van der Waals surface area contributed by atoms with Gasteiger partial charge in [-0.3, -0.25) is 4.79 Å². The molecule has 2 rings (SSSR count). The third kappa shape index (κ3) is 1.56. The summed E-state index contributed by atoms with van der Waals surface area (Å²) in [5.74, 6) is 1.09. The molecule has 4 nitrogen and oxygen atoms in total. The van der Waals surface area contributed by atoms with Crippen molar-refractivity contribution in [1.29, 1.82) is 0 Å². The molecule has 0 spiro atoms. The molecule has 80 valence electrons. The van der Waals surface area contributed by atoms with E-state index >= 15 is 0 Å². The monoisotopic (exact) mass is 206 g/mol. The van der Waals surface area contributed by atoms with Crippen LogP contribution in [0.25, 0.3) is 11.0 Å². The van der Waals surface area contributed by atoms with E-state index in [1.54, 1.807) is 0 Å². The van der Waals surface area contributed by atoms with Gasteiger partial charge >= 0.3 is 5.56 Å². The van der Waals surface area contributed by atoms with E-state index in [4.69, 9.17) is 4.42 Å². The fourth-order valence-electron chi connectivity index (χ4n) is 1.64. The first-order valence-corrected chi connectivity index (χ1v) is 5.14. The van der Waals surface area contributed by atoms with Gasteiger partial charge in [0.2, 0.25) is 5.58 Å². The Bertz CT molecular complexity index is 537. The van der Waals surface area contributed by atoms with E-state index in [0.717, 1.165) is 23.3 Å². The number of aryl methyl sites for hydroxylation is 1. The molecule has 2 heterocycles. The van der Waals surface area contributed by atoms with Gasteiger partial charge in [0.05, 0.1) is 5.69 Å². The largest absolute Gasteiger partial charge is 0.455 e. The molecule has 2 aromatic heterocycles. The number of furan rings is 1. The Hall–Kier alpha value is -1.58. The Balaban J connectivity index is 2.80. The zero-order valence-corrected chi connectivity index (χ0v) is 9.13. The van der Waals surface area contributed by atoms with Crippen molar-refractivity contribution in [2.24, 2.45) is 0 Å². The van der Waals surface area contributed by atoms with E-state index in [2.05, 4.69) is 10.2 Å². The molecule has 0 aromatic carbocycles. The molecular weight excluding hydrogens is 192 g/mol. The minimum atomic E-state index is -0.255. The van der Waals surface area contributed by atoms with Gasteiger partial charge < -0.3 is 4.42 Å². The van der Waals surface area contributed by atoms with Crippen molar-refractivity contribution >= 4 is 11.0 Å². The Morgan fingerprint density at radius 2 is 2.27 bits per heavy atom. The number of aromatic amines is 1. The van der Waals surface area contributed by atoms with Crippen molar-refractivity contribution in [3.05, 3.63) is 27.9 Å². The second-order valence-electron chi connectivity index (χ2n) is 3.90. The Kier molecular flexibility index (Phi) is 2.34. The summed E-state index contributed by atoms with van der Waals surface area (Å²) in [4.78, 5) is 11.5. The lowest BCUT2D eigenvalue weighted by Crippen LogP contribution is -2.10. The lowest BCUT2D eigenvalue weighted by Gasteiger charge is -2.02. The number of nitrogens with zero attached hydrogens (tertiary/aromatic N) is 1. The van der Waals surface area contributed by atoms with Gasteiger partial charge in [-0.05, 0) is 12.0 Å². The molecule has 0 saturated heterocycles.